The van der Waals surface area contributed by atoms with Gasteiger partial charge in [-0.1, -0.05) is 53.7 Å². The molecule has 0 radical (unpaired) electrons. The number of phenolic OH excluding ortho intramolecular Hbond substituents is 1. The SMILES string of the molecule is CC(=O)COc1ccc(NC(=O)CCCc2cc(C(C)(C)C)c(O)c(C(C)(C)C)c2)cc1. The highest BCUT2D eigenvalue weighted by Gasteiger charge is 2.26. The fraction of sp³-hybridized carbons (Fsp3) is 0.481. The molecule has 32 heavy (non-hydrogen) atoms. The van der Waals surface area contributed by atoms with E-state index in [0.29, 0.717) is 30.0 Å². The summed E-state index contributed by atoms with van der Waals surface area (Å²) in [6, 6.07) is 11.1. The lowest BCUT2D eigenvalue weighted by atomic mass is 9.78. The summed E-state index contributed by atoms with van der Waals surface area (Å²) in [6.07, 6.45) is 1.88. The van der Waals surface area contributed by atoms with Crippen LogP contribution < -0.4 is 10.1 Å². The normalized spacial score (nSPS) is 11.8. The van der Waals surface area contributed by atoms with E-state index < -0.39 is 0 Å². The summed E-state index contributed by atoms with van der Waals surface area (Å²) in [5, 5.41) is 13.8. The second-order valence-electron chi connectivity index (χ2n) is 10.5. The smallest absolute Gasteiger partial charge is 0.224 e. The summed E-state index contributed by atoms with van der Waals surface area (Å²) in [4.78, 5) is 23.4. The van der Waals surface area contributed by atoms with E-state index in [0.717, 1.165) is 23.1 Å². The van der Waals surface area contributed by atoms with Gasteiger partial charge in [0, 0.05) is 12.1 Å². The number of aromatic hydroxyl groups is 1. The number of ether oxygens (including phenoxy) is 1. The number of rotatable bonds is 8. The number of anilines is 1. The van der Waals surface area contributed by atoms with Crippen molar-refractivity contribution < 1.29 is 19.4 Å². The summed E-state index contributed by atoms with van der Waals surface area (Å²) in [7, 11) is 0. The van der Waals surface area contributed by atoms with Crippen LogP contribution in [0.4, 0.5) is 5.69 Å². The molecule has 0 aliphatic carbocycles. The Bertz CT molecular complexity index is 912. The van der Waals surface area contributed by atoms with Crippen LogP contribution >= 0.6 is 0 Å². The second kappa shape index (κ2) is 10.2. The van der Waals surface area contributed by atoms with E-state index in [-0.39, 0.29) is 29.1 Å². The molecule has 2 aromatic carbocycles. The molecule has 0 unspecified atom stereocenters. The van der Waals surface area contributed by atoms with Gasteiger partial charge in [0.2, 0.25) is 5.91 Å². The standard InChI is InChI=1S/C27H37NO4/c1-18(29)17-32-21-13-11-20(12-14-21)28-24(30)10-8-9-19-15-22(26(2,3)4)25(31)23(16-19)27(5,6)7/h11-16,31H,8-10,17H2,1-7H3,(H,28,30). The number of nitrogens with one attached hydrogen (secondary N) is 1. The molecule has 0 aliphatic heterocycles. The van der Waals surface area contributed by atoms with Crippen LogP contribution in [0.2, 0.25) is 0 Å². The minimum absolute atomic E-state index is 0.0385. The molecule has 0 saturated heterocycles. The third-order valence-electron chi connectivity index (χ3n) is 5.24. The zero-order valence-electron chi connectivity index (χ0n) is 20.5. The van der Waals surface area contributed by atoms with Crippen molar-refractivity contribution in [3.8, 4) is 11.5 Å². The summed E-state index contributed by atoms with van der Waals surface area (Å²) < 4.78 is 5.34. The number of aryl methyl sites for hydroxylation is 1. The largest absolute Gasteiger partial charge is 0.507 e. The van der Waals surface area contributed by atoms with Crippen molar-refractivity contribution in [3.63, 3.8) is 0 Å². The van der Waals surface area contributed by atoms with E-state index in [9.17, 15) is 14.7 Å². The molecule has 5 heteroatoms. The van der Waals surface area contributed by atoms with Crippen molar-refractivity contribution in [2.24, 2.45) is 0 Å². The van der Waals surface area contributed by atoms with Gasteiger partial charge in [-0.25, -0.2) is 0 Å². The van der Waals surface area contributed by atoms with Crippen LogP contribution in [-0.2, 0) is 26.8 Å². The monoisotopic (exact) mass is 439 g/mol. The van der Waals surface area contributed by atoms with Crippen molar-refractivity contribution in [1.29, 1.82) is 0 Å². The fourth-order valence-corrected chi connectivity index (χ4v) is 3.48. The van der Waals surface area contributed by atoms with Crippen LogP contribution in [0.25, 0.3) is 0 Å². The number of ketones is 1. The van der Waals surface area contributed by atoms with Gasteiger partial charge in [0.05, 0.1) is 0 Å². The lowest BCUT2D eigenvalue weighted by Crippen LogP contribution is -2.18. The number of carbonyl (C=O) groups is 2. The molecule has 0 heterocycles. The molecule has 0 spiro atoms. The van der Waals surface area contributed by atoms with E-state index in [1.807, 2.05) is 0 Å². The number of amides is 1. The average Bonchev–Trinajstić information content (AvgIpc) is 2.66. The van der Waals surface area contributed by atoms with Gasteiger partial charge in [0.25, 0.3) is 0 Å². The minimum atomic E-state index is -0.169. The second-order valence-corrected chi connectivity index (χ2v) is 10.5. The third kappa shape index (κ3) is 7.40. The van der Waals surface area contributed by atoms with Crippen molar-refractivity contribution in [2.75, 3.05) is 11.9 Å². The van der Waals surface area contributed by atoms with E-state index >= 15 is 0 Å². The van der Waals surface area contributed by atoms with Crippen molar-refractivity contribution in [2.45, 2.75) is 78.6 Å². The Morgan fingerprint density at radius 3 is 1.94 bits per heavy atom. The number of benzene rings is 2. The van der Waals surface area contributed by atoms with Gasteiger partial charge in [0.1, 0.15) is 18.1 Å². The molecule has 2 N–H and O–H groups in total. The van der Waals surface area contributed by atoms with Crippen molar-refractivity contribution >= 4 is 17.4 Å². The van der Waals surface area contributed by atoms with E-state index in [1.54, 1.807) is 24.3 Å². The lowest BCUT2D eigenvalue weighted by Gasteiger charge is -2.28. The van der Waals surface area contributed by atoms with Crippen LogP contribution in [-0.4, -0.2) is 23.4 Å². The van der Waals surface area contributed by atoms with Crippen LogP contribution in [0.3, 0.4) is 0 Å². The number of phenols is 1. The number of hydrogen-bond acceptors (Lipinski definition) is 4. The summed E-state index contributed by atoms with van der Waals surface area (Å²) in [5.74, 6) is 0.880. The first-order chi connectivity index (χ1) is 14.8. The molecule has 1 amide bonds. The van der Waals surface area contributed by atoms with Gasteiger partial charge < -0.3 is 15.2 Å². The average molecular weight is 440 g/mol. The molecule has 2 aromatic rings. The van der Waals surface area contributed by atoms with Gasteiger partial charge in [-0.15, -0.1) is 0 Å². The van der Waals surface area contributed by atoms with Crippen LogP contribution in [0.15, 0.2) is 36.4 Å². The molecule has 0 atom stereocenters. The number of carbonyl (C=O) groups excluding carboxylic acids is 2. The maximum Gasteiger partial charge on any atom is 0.224 e. The predicted octanol–water partition coefficient (Wildman–Crippen LogP) is 5.92. The van der Waals surface area contributed by atoms with Crippen LogP contribution in [0.5, 0.6) is 11.5 Å². The molecule has 5 nitrogen and oxygen atoms in total. The van der Waals surface area contributed by atoms with Crippen LogP contribution in [0, 0.1) is 0 Å². The Balaban J connectivity index is 1.99. The fourth-order valence-electron chi connectivity index (χ4n) is 3.48. The molecule has 174 valence electrons. The zero-order valence-corrected chi connectivity index (χ0v) is 20.5. The number of Topliss-reactive ketones (excluding diaryl/α,β-unsaturated/α-hetero) is 1. The molecular formula is C27H37NO4. The first-order valence-corrected chi connectivity index (χ1v) is 11.2. The Hall–Kier alpha value is -2.82. The van der Waals surface area contributed by atoms with Gasteiger partial charge in [-0.3, -0.25) is 9.59 Å². The Morgan fingerprint density at radius 1 is 0.938 bits per heavy atom. The quantitative estimate of drug-likeness (QED) is 0.536. The molecule has 0 bridgehead atoms. The highest BCUT2D eigenvalue weighted by Crippen LogP contribution is 2.40. The van der Waals surface area contributed by atoms with E-state index in [1.165, 1.54) is 6.92 Å². The first-order valence-electron chi connectivity index (χ1n) is 11.2. The summed E-state index contributed by atoms with van der Waals surface area (Å²) >= 11 is 0. The lowest BCUT2D eigenvalue weighted by molar-refractivity contribution is -0.119. The van der Waals surface area contributed by atoms with E-state index in [2.05, 4.69) is 59.0 Å². The van der Waals surface area contributed by atoms with Crippen LogP contribution in [0.1, 0.15) is 78.0 Å². The molecule has 2 rings (SSSR count). The highest BCUT2D eigenvalue weighted by molar-refractivity contribution is 5.90. The predicted molar refractivity (Wildman–Crippen MR) is 130 cm³/mol. The molecule has 0 aromatic heterocycles. The van der Waals surface area contributed by atoms with Crippen molar-refractivity contribution in [1.82, 2.24) is 0 Å². The Labute approximate surface area is 192 Å². The van der Waals surface area contributed by atoms with Gasteiger partial charge in [0.15, 0.2) is 5.78 Å². The molecule has 0 aliphatic rings. The minimum Gasteiger partial charge on any atom is -0.507 e. The maximum atomic E-state index is 12.4. The molecule has 0 fully saturated rings. The first kappa shape index (κ1) is 25.4. The van der Waals surface area contributed by atoms with Gasteiger partial charge >= 0.3 is 0 Å². The number of hydrogen-bond donors (Lipinski definition) is 2. The molecular weight excluding hydrogens is 402 g/mol. The topological polar surface area (TPSA) is 75.6 Å². The van der Waals surface area contributed by atoms with E-state index in [4.69, 9.17) is 4.74 Å². The Kier molecular flexibility index (Phi) is 8.11. The zero-order chi connectivity index (χ0) is 24.1. The maximum absolute atomic E-state index is 12.4. The van der Waals surface area contributed by atoms with Gasteiger partial charge in [-0.2, -0.15) is 0 Å². The molecule has 0 saturated carbocycles. The van der Waals surface area contributed by atoms with Gasteiger partial charge in [-0.05, 0) is 71.6 Å². The third-order valence-corrected chi connectivity index (χ3v) is 5.24. The summed E-state index contributed by atoms with van der Waals surface area (Å²) in [6.45, 7) is 14.1. The van der Waals surface area contributed by atoms with Crippen molar-refractivity contribution in [3.05, 3.63) is 53.1 Å². The highest BCUT2D eigenvalue weighted by atomic mass is 16.5. The summed E-state index contributed by atoms with van der Waals surface area (Å²) in [5.41, 5.74) is 3.38. The Morgan fingerprint density at radius 2 is 1.47 bits per heavy atom.